The largest absolute Gasteiger partial charge is 0.493 e. The maximum atomic E-state index is 5.87. The predicted molar refractivity (Wildman–Crippen MR) is 84.8 cm³/mol. The van der Waals surface area contributed by atoms with Crippen molar-refractivity contribution in [3.63, 3.8) is 0 Å². The fourth-order valence-electron chi connectivity index (χ4n) is 2.21. The molecule has 1 aromatic heterocycles. The van der Waals surface area contributed by atoms with Crippen molar-refractivity contribution < 1.29 is 4.74 Å². The first-order valence-electron chi connectivity index (χ1n) is 6.89. The molecule has 0 bridgehead atoms. The summed E-state index contributed by atoms with van der Waals surface area (Å²) in [6.07, 6.45) is 5.26. The molecule has 0 atom stereocenters. The molecular formula is C17H15ClN2O. The van der Waals surface area contributed by atoms with Gasteiger partial charge in [0.1, 0.15) is 12.1 Å². The number of fused-ring (bicyclic) bond motifs is 1. The Balaban J connectivity index is 1.58. The summed E-state index contributed by atoms with van der Waals surface area (Å²) < 4.78 is 5.86. The molecule has 0 saturated heterocycles. The van der Waals surface area contributed by atoms with Crippen LogP contribution in [0.3, 0.4) is 0 Å². The maximum absolute atomic E-state index is 5.87. The van der Waals surface area contributed by atoms with Crippen molar-refractivity contribution >= 4 is 22.5 Å². The number of hydrogen-bond donors (Lipinski definition) is 0. The molecule has 4 heteroatoms. The average Bonchev–Trinajstić information content (AvgIpc) is 2.53. The van der Waals surface area contributed by atoms with Gasteiger partial charge in [0, 0.05) is 11.2 Å². The van der Waals surface area contributed by atoms with Gasteiger partial charge in [-0.05, 0) is 42.7 Å². The lowest BCUT2D eigenvalue weighted by molar-refractivity contribution is 0.314. The van der Waals surface area contributed by atoms with Crippen LogP contribution in [0.4, 0.5) is 0 Å². The fraction of sp³-hybridized carbons (Fsp3) is 0.176. The molecule has 21 heavy (non-hydrogen) atoms. The van der Waals surface area contributed by atoms with E-state index >= 15 is 0 Å². The van der Waals surface area contributed by atoms with E-state index in [0.29, 0.717) is 6.61 Å². The van der Waals surface area contributed by atoms with Gasteiger partial charge in [-0.1, -0.05) is 29.8 Å². The summed E-state index contributed by atoms with van der Waals surface area (Å²) in [5.74, 6) is 0.837. The first kappa shape index (κ1) is 13.8. The zero-order valence-corrected chi connectivity index (χ0v) is 12.3. The van der Waals surface area contributed by atoms with Crippen LogP contribution >= 0.6 is 11.6 Å². The molecule has 0 aliphatic rings. The number of rotatable bonds is 5. The molecule has 0 aliphatic heterocycles. The Morgan fingerprint density at radius 2 is 1.90 bits per heavy atom. The van der Waals surface area contributed by atoms with E-state index < -0.39 is 0 Å². The second-order valence-electron chi connectivity index (χ2n) is 4.79. The third-order valence-electron chi connectivity index (χ3n) is 3.29. The highest BCUT2D eigenvalue weighted by Gasteiger charge is 2.02. The molecule has 0 aliphatic carbocycles. The van der Waals surface area contributed by atoms with E-state index in [-0.39, 0.29) is 0 Å². The lowest BCUT2D eigenvalue weighted by Gasteiger charge is -2.08. The smallest absolute Gasteiger partial charge is 0.130 e. The van der Waals surface area contributed by atoms with Crippen molar-refractivity contribution in [2.75, 3.05) is 6.61 Å². The Morgan fingerprint density at radius 3 is 2.76 bits per heavy atom. The van der Waals surface area contributed by atoms with E-state index in [2.05, 4.69) is 9.97 Å². The van der Waals surface area contributed by atoms with Crippen molar-refractivity contribution in [3.05, 3.63) is 65.6 Å². The zero-order chi connectivity index (χ0) is 14.5. The lowest BCUT2D eigenvalue weighted by atomic mass is 10.1. The maximum Gasteiger partial charge on any atom is 0.130 e. The Bertz CT molecular complexity index is 723. The number of benzene rings is 2. The van der Waals surface area contributed by atoms with E-state index in [1.807, 2.05) is 42.5 Å². The summed E-state index contributed by atoms with van der Waals surface area (Å²) in [4.78, 5) is 8.28. The minimum absolute atomic E-state index is 0.663. The molecule has 106 valence electrons. The molecule has 3 aromatic rings. The Hall–Kier alpha value is -2.13. The van der Waals surface area contributed by atoms with Gasteiger partial charge in [-0.25, -0.2) is 9.97 Å². The Kier molecular flexibility index (Phi) is 4.31. The average molecular weight is 299 g/mol. The molecule has 0 unspecified atom stereocenters. The standard InChI is InChI=1S/C17H15ClN2O/c18-14-8-6-13(7-9-14)3-2-10-21-17-5-1-4-16-15(17)11-19-12-20-16/h1,4-9,11-12H,2-3,10H2. The normalized spacial score (nSPS) is 10.7. The number of ether oxygens (including phenoxy) is 1. The summed E-state index contributed by atoms with van der Waals surface area (Å²) in [7, 11) is 0. The summed E-state index contributed by atoms with van der Waals surface area (Å²) in [5.41, 5.74) is 2.17. The van der Waals surface area contributed by atoms with E-state index in [1.54, 1.807) is 12.5 Å². The third-order valence-corrected chi connectivity index (χ3v) is 3.54. The molecule has 0 radical (unpaired) electrons. The fourth-order valence-corrected chi connectivity index (χ4v) is 2.34. The first-order chi connectivity index (χ1) is 10.3. The second-order valence-corrected chi connectivity index (χ2v) is 5.23. The van der Waals surface area contributed by atoms with E-state index in [0.717, 1.165) is 34.5 Å². The zero-order valence-electron chi connectivity index (χ0n) is 11.5. The molecule has 0 fully saturated rings. The quantitative estimate of drug-likeness (QED) is 0.659. The summed E-state index contributed by atoms with van der Waals surface area (Å²) in [6, 6.07) is 13.8. The third kappa shape index (κ3) is 3.50. The van der Waals surface area contributed by atoms with Gasteiger partial charge in [-0.3, -0.25) is 0 Å². The minimum atomic E-state index is 0.663. The first-order valence-corrected chi connectivity index (χ1v) is 7.27. The van der Waals surface area contributed by atoms with E-state index in [1.165, 1.54) is 5.56 Å². The molecule has 0 spiro atoms. The molecule has 2 aromatic carbocycles. The van der Waals surface area contributed by atoms with Gasteiger partial charge in [0.05, 0.1) is 17.5 Å². The topological polar surface area (TPSA) is 35.0 Å². The molecule has 3 rings (SSSR count). The van der Waals surface area contributed by atoms with E-state index in [9.17, 15) is 0 Å². The van der Waals surface area contributed by atoms with Gasteiger partial charge in [0.2, 0.25) is 0 Å². The SMILES string of the molecule is Clc1ccc(CCCOc2cccc3ncncc23)cc1. The van der Waals surface area contributed by atoms with Crippen molar-refractivity contribution in [3.8, 4) is 5.75 Å². The number of aryl methyl sites for hydroxylation is 1. The molecule has 0 amide bonds. The van der Waals surface area contributed by atoms with Gasteiger partial charge in [-0.2, -0.15) is 0 Å². The van der Waals surface area contributed by atoms with Crippen molar-refractivity contribution in [2.45, 2.75) is 12.8 Å². The number of halogens is 1. The van der Waals surface area contributed by atoms with Gasteiger partial charge in [0.15, 0.2) is 0 Å². The van der Waals surface area contributed by atoms with Gasteiger partial charge < -0.3 is 4.74 Å². The highest BCUT2D eigenvalue weighted by molar-refractivity contribution is 6.30. The van der Waals surface area contributed by atoms with Crippen LogP contribution in [0.2, 0.25) is 5.02 Å². The Morgan fingerprint density at radius 1 is 1.05 bits per heavy atom. The van der Waals surface area contributed by atoms with Crippen LogP contribution in [0.25, 0.3) is 10.9 Å². The van der Waals surface area contributed by atoms with Crippen LogP contribution in [0.5, 0.6) is 5.75 Å². The predicted octanol–water partition coefficient (Wildman–Crippen LogP) is 4.29. The van der Waals surface area contributed by atoms with Crippen LogP contribution in [0.1, 0.15) is 12.0 Å². The van der Waals surface area contributed by atoms with Crippen LogP contribution in [-0.4, -0.2) is 16.6 Å². The minimum Gasteiger partial charge on any atom is -0.493 e. The second kappa shape index (κ2) is 6.55. The highest BCUT2D eigenvalue weighted by Crippen LogP contribution is 2.23. The van der Waals surface area contributed by atoms with Crippen LogP contribution in [0.15, 0.2) is 55.0 Å². The van der Waals surface area contributed by atoms with Crippen LogP contribution in [0, 0.1) is 0 Å². The summed E-state index contributed by atoms with van der Waals surface area (Å²) in [5, 5.41) is 1.72. The van der Waals surface area contributed by atoms with Gasteiger partial charge in [-0.15, -0.1) is 0 Å². The molecule has 0 saturated carbocycles. The number of nitrogens with zero attached hydrogens (tertiary/aromatic N) is 2. The monoisotopic (exact) mass is 298 g/mol. The van der Waals surface area contributed by atoms with Crippen molar-refractivity contribution in [1.29, 1.82) is 0 Å². The number of hydrogen-bond acceptors (Lipinski definition) is 3. The molecular weight excluding hydrogens is 284 g/mol. The van der Waals surface area contributed by atoms with Crippen LogP contribution in [-0.2, 0) is 6.42 Å². The van der Waals surface area contributed by atoms with Crippen molar-refractivity contribution in [1.82, 2.24) is 9.97 Å². The summed E-state index contributed by atoms with van der Waals surface area (Å²) >= 11 is 5.87. The molecule has 0 N–H and O–H groups in total. The molecule has 3 nitrogen and oxygen atoms in total. The molecule has 1 heterocycles. The van der Waals surface area contributed by atoms with Crippen LogP contribution < -0.4 is 4.74 Å². The van der Waals surface area contributed by atoms with Crippen molar-refractivity contribution in [2.24, 2.45) is 0 Å². The lowest BCUT2D eigenvalue weighted by Crippen LogP contribution is -2.00. The van der Waals surface area contributed by atoms with Gasteiger partial charge in [0.25, 0.3) is 0 Å². The Labute approximate surface area is 128 Å². The number of aromatic nitrogens is 2. The van der Waals surface area contributed by atoms with E-state index in [4.69, 9.17) is 16.3 Å². The summed E-state index contributed by atoms with van der Waals surface area (Å²) in [6.45, 7) is 0.663. The highest BCUT2D eigenvalue weighted by atomic mass is 35.5. The van der Waals surface area contributed by atoms with Gasteiger partial charge >= 0.3 is 0 Å².